The molecular formula is C15H12Br2Cl2. The van der Waals surface area contributed by atoms with Gasteiger partial charge >= 0.3 is 0 Å². The van der Waals surface area contributed by atoms with E-state index in [0.29, 0.717) is 0 Å². The van der Waals surface area contributed by atoms with Crippen molar-refractivity contribution >= 4 is 55.1 Å². The Labute approximate surface area is 140 Å². The van der Waals surface area contributed by atoms with E-state index < -0.39 is 0 Å². The summed E-state index contributed by atoms with van der Waals surface area (Å²) in [4.78, 5) is 0. The average Bonchev–Trinajstić information content (AvgIpc) is 2.33. The van der Waals surface area contributed by atoms with Gasteiger partial charge in [0.1, 0.15) is 0 Å². The molecule has 19 heavy (non-hydrogen) atoms. The van der Waals surface area contributed by atoms with E-state index in [4.69, 9.17) is 23.2 Å². The van der Waals surface area contributed by atoms with Crippen molar-refractivity contribution in [2.45, 2.75) is 18.7 Å². The molecule has 0 radical (unpaired) electrons. The van der Waals surface area contributed by atoms with Crippen LogP contribution in [0.15, 0.2) is 45.3 Å². The molecule has 2 rings (SSSR count). The van der Waals surface area contributed by atoms with E-state index >= 15 is 0 Å². The number of hydrogen-bond donors (Lipinski definition) is 0. The Bertz CT molecular complexity index is 597. The van der Waals surface area contributed by atoms with Crippen LogP contribution in [0.3, 0.4) is 0 Å². The van der Waals surface area contributed by atoms with Gasteiger partial charge in [0.15, 0.2) is 0 Å². The first kappa shape index (κ1) is 15.4. The lowest BCUT2D eigenvalue weighted by Crippen LogP contribution is -1.98. The minimum atomic E-state index is -0.0928. The molecule has 0 aliphatic heterocycles. The molecule has 4 heteroatoms. The van der Waals surface area contributed by atoms with E-state index in [9.17, 15) is 0 Å². The van der Waals surface area contributed by atoms with E-state index in [-0.39, 0.29) is 5.38 Å². The zero-order chi connectivity index (χ0) is 14.0. The van der Waals surface area contributed by atoms with Gasteiger partial charge in [-0.15, -0.1) is 11.6 Å². The molecule has 0 aromatic heterocycles. The molecule has 0 aliphatic carbocycles. The second-order valence-electron chi connectivity index (χ2n) is 4.42. The third kappa shape index (κ3) is 3.98. The molecule has 2 aromatic carbocycles. The highest BCUT2D eigenvalue weighted by Gasteiger charge is 2.14. The van der Waals surface area contributed by atoms with Gasteiger partial charge in [0.25, 0.3) is 0 Å². The number of aryl methyl sites for hydroxylation is 1. The molecule has 1 unspecified atom stereocenters. The minimum Gasteiger partial charge on any atom is -0.117 e. The molecular weight excluding hydrogens is 411 g/mol. The zero-order valence-electron chi connectivity index (χ0n) is 10.3. The van der Waals surface area contributed by atoms with Crippen molar-refractivity contribution in [2.24, 2.45) is 0 Å². The number of alkyl halides is 1. The monoisotopic (exact) mass is 420 g/mol. The highest BCUT2D eigenvalue weighted by atomic mass is 79.9. The fourth-order valence-electron chi connectivity index (χ4n) is 1.88. The van der Waals surface area contributed by atoms with Crippen LogP contribution in [0.5, 0.6) is 0 Å². The summed E-state index contributed by atoms with van der Waals surface area (Å²) in [5, 5.41) is 0.648. The van der Waals surface area contributed by atoms with Gasteiger partial charge in [0.05, 0.1) is 5.38 Å². The van der Waals surface area contributed by atoms with Gasteiger partial charge in [-0.05, 0) is 54.3 Å². The number of benzene rings is 2. The van der Waals surface area contributed by atoms with Crippen molar-refractivity contribution in [1.82, 2.24) is 0 Å². The maximum atomic E-state index is 6.53. The van der Waals surface area contributed by atoms with Crippen LogP contribution in [0, 0.1) is 6.92 Å². The van der Waals surface area contributed by atoms with E-state index in [1.165, 1.54) is 5.56 Å². The normalized spacial score (nSPS) is 12.5. The predicted octanol–water partition coefficient (Wildman–Crippen LogP) is 6.70. The Hall–Kier alpha value is -0.0200. The Morgan fingerprint density at radius 3 is 2.53 bits per heavy atom. The first-order chi connectivity index (χ1) is 8.97. The van der Waals surface area contributed by atoms with Gasteiger partial charge in [-0.1, -0.05) is 55.6 Å². The van der Waals surface area contributed by atoms with E-state index in [1.54, 1.807) is 0 Å². The fourth-order valence-corrected chi connectivity index (χ4v) is 3.68. The van der Waals surface area contributed by atoms with Crippen molar-refractivity contribution in [3.8, 4) is 0 Å². The summed E-state index contributed by atoms with van der Waals surface area (Å²) in [6, 6.07) is 12.0. The van der Waals surface area contributed by atoms with Crippen molar-refractivity contribution in [2.75, 3.05) is 0 Å². The van der Waals surface area contributed by atoms with Crippen LogP contribution in [-0.4, -0.2) is 0 Å². The SMILES string of the molecule is Cc1cc(Br)c(C(Cl)Cc2cccc(Cl)c2)cc1Br. The molecule has 0 heterocycles. The van der Waals surface area contributed by atoms with Crippen LogP contribution in [0.4, 0.5) is 0 Å². The number of rotatable bonds is 3. The molecule has 0 saturated heterocycles. The summed E-state index contributed by atoms with van der Waals surface area (Å²) in [6.07, 6.45) is 0.746. The molecule has 0 nitrogen and oxygen atoms in total. The third-order valence-electron chi connectivity index (χ3n) is 2.92. The molecule has 0 aliphatic rings. The third-order valence-corrected chi connectivity index (χ3v) is 5.08. The minimum absolute atomic E-state index is 0.0928. The maximum Gasteiger partial charge on any atom is 0.0637 e. The van der Waals surface area contributed by atoms with Crippen LogP contribution in [0.2, 0.25) is 5.02 Å². The van der Waals surface area contributed by atoms with Crippen molar-refractivity contribution in [3.05, 3.63) is 67.1 Å². The Morgan fingerprint density at radius 1 is 1.11 bits per heavy atom. The summed E-state index contributed by atoms with van der Waals surface area (Å²) in [6.45, 7) is 2.05. The lowest BCUT2D eigenvalue weighted by molar-refractivity contribution is 0.912. The van der Waals surface area contributed by atoms with Gasteiger partial charge < -0.3 is 0 Å². The van der Waals surface area contributed by atoms with Crippen molar-refractivity contribution in [1.29, 1.82) is 0 Å². The smallest absolute Gasteiger partial charge is 0.0637 e. The number of halogens is 4. The molecule has 0 saturated carbocycles. The highest BCUT2D eigenvalue weighted by molar-refractivity contribution is 9.11. The first-order valence-corrected chi connectivity index (χ1v) is 8.21. The Balaban J connectivity index is 2.25. The first-order valence-electron chi connectivity index (χ1n) is 5.81. The van der Waals surface area contributed by atoms with Crippen LogP contribution in [0.1, 0.15) is 22.1 Å². The molecule has 1 atom stereocenters. The zero-order valence-corrected chi connectivity index (χ0v) is 14.9. The van der Waals surface area contributed by atoms with Gasteiger partial charge in [0.2, 0.25) is 0 Å². The predicted molar refractivity (Wildman–Crippen MR) is 90.3 cm³/mol. The Morgan fingerprint density at radius 2 is 1.84 bits per heavy atom. The van der Waals surface area contributed by atoms with Gasteiger partial charge in [0, 0.05) is 14.0 Å². The fraction of sp³-hybridized carbons (Fsp3) is 0.200. The maximum absolute atomic E-state index is 6.53. The van der Waals surface area contributed by atoms with E-state index in [2.05, 4.69) is 50.9 Å². The lowest BCUT2D eigenvalue weighted by Gasteiger charge is -2.14. The molecule has 100 valence electrons. The van der Waals surface area contributed by atoms with Crippen LogP contribution in [-0.2, 0) is 6.42 Å². The summed E-state index contributed by atoms with van der Waals surface area (Å²) in [5.74, 6) is 0. The summed E-state index contributed by atoms with van der Waals surface area (Å²) < 4.78 is 2.11. The lowest BCUT2D eigenvalue weighted by atomic mass is 10.0. The van der Waals surface area contributed by atoms with Crippen LogP contribution in [0.25, 0.3) is 0 Å². The summed E-state index contributed by atoms with van der Waals surface area (Å²) in [7, 11) is 0. The van der Waals surface area contributed by atoms with Crippen LogP contribution < -0.4 is 0 Å². The van der Waals surface area contributed by atoms with Gasteiger partial charge in [-0.3, -0.25) is 0 Å². The molecule has 0 bridgehead atoms. The highest BCUT2D eigenvalue weighted by Crippen LogP contribution is 2.35. The number of hydrogen-bond acceptors (Lipinski definition) is 0. The molecule has 0 amide bonds. The largest absolute Gasteiger partial charge is 0.117 e. The van der Waals surface area contributed by atoms with Gasteiger partial charge in [-0.25, -0.2) is 0 Å². The van der Waals surface area contributed by atoms with E-state index in [1.807, 2.05) is 24.3 Å². The van der Waals surface area contributed by atoms with E-state index in [0.717, 1.165) is 31.5 Å². The second-order valence-corrected chi connectivity index (χ2v) is 7.10. The molecule has 0 fully saturated rings. The molecule has 0 spiro atoms. The average molecular weight is 423 g/mol. The summed E-state index contributed by atoms with van der Waals surface area (Å²) >= 11 is 19.6. The standard InChI is InChI=1S/C15H12Br2Cl2/c1-9-5-14(17)12(8-13(9)16)15(19)7-10-3-2-4-11(18)6-10/h2-6,8,15H,7H2,1H3. The summed E-state index contributed by atoms with van der Waals surface area (Å²) in [5.41, 5.74) is 3.40. The second kappa shape index (κ2) is 6.62. The Kier molecular flexibility index (Phi) is 5.36. The topological polar surface area (TPSA) is 0 Å². The van der Waals surface area contributed by atoms with Crippen LogP contribution >= 0.6 is 55.1 Å². The quantitative estimate of drug-likeness (QED) is 0.483. The van der Waals surface area contributed by atoms with Crippen molar-refractivity contribution < 1.29 is 0 Å². The molecule has 2 aromatic rings. The molecule has 0 N–H and O–H groups in total. The van der Waals surface area contributed by atoms with Crippen molar-refractivity contribution in [3.63, 3.8) is 0 Å². The van der Waals surface area contributed by atoms with Gasteiger partial charge in [-0.2, -0.15) is 0 Å².